The van der Waals surface area contributed by atoms with Gasteiger partial charge in [-0.1, -0.05) is 6.92 Å². The van der Waals surface area contributed by atoms with Gasteiger partial charge in [-0.2, -0.15) is 0 Å². The summed E-state index contributed by atoms with van der Waals surface area (Å²) in [6, 6.07) is 0. The van der Waals surface area contributed by atoms with Crippen LogP contribution in [-0.2, 0) is 4.74 Å². The quantitative estimate of drug-likeness (QED) is 0.626. The van der Waals surface area contributed by atoms with Crippen molar-refractivity contribution in [1.29, 1.82) is 0 Å². The molecule has 1 N–H and O–H groups in total. The van der Waals surface area contributed by atoms with Gasteiger partial charge < -0.3 is 9.84 Å². The molecule has 1 rings (SSSR count). The molecule has 0 spiro atoms. The van der Waals surface area contributed by atoms with Crippen molar-refractivity contribution < 1.29 is 9.84 Å². The SMILES string of the molecule is CCC(C)OCCCN1CC(O)C1. The van der Waals surface area contributed by atoms with Gasteiger partial charge in [0.2, 0.25) is 0 Å². The molecule has 13 heavy (non-hydrogen) atoms. The largest absolute Gasteiger partial charge is 0.390 e. The number of aliphatic hydroxyl groups excluding tert-OH is 1. The zero-order valence-corrected chi connectivity index (χ0v) is 8.70. The van der Waals surface area contributed by atoms with E-state index in [9.17, 15) is 0 Å². The average molecular weight is 187 g/mol. The molecule has 0 radical (unpaired) electrons. The Morgan fingerprint density at radius 3 is 2.77 bits per heavy atom. The standard InChI is InChI=1S/C10H21NO2/c1-3-9(2)13-6-4-5-11-7-10(12)8-11/h9-10,12H,3-8H2,1-2H3. The van der Waals surface area contributed by atoms with E-state index >= 15 is 0 Å². The molecule has 1 aliphatic rings. The molecule has 1 atom stereocenters. The first-order chi connectivity index (χ1) is 6.22. The van der Waals surface area contributed by atoms with Gasteiger partial charge in [-0.3, -0.25) is 4.90 Å². The van der Waals surface area contributed by atoms with Gasteiger partial charge in [-0.25, -0.2) is 0 Å². The molecular weight excluding hydrogens is 166 g/mol. The van der Waals surface area contributed by atoms with Gasteiger partial charge in [0.05, 0.1) is 12.2 Å². The smallest absolute Gasteiger partial charge is 0.0793 e. The van der Waals surface area contributed by atoms with E-state index in [-0.39, 0.29) is 6.10 Å². The van der Waals surface area contributed by atoms with Gasteiger partial charge in [-0.15, -0.1) is 0 Å². The third-order valence-electron chi connectivity index (χ3n) is 2.53. The highest BCUT2D eigenvalue weighted by atomic mass is 16.5. The fourth-order valence-electron chi connectivity index (χ4n) is 1.42. The number of hydrogen-bond donors (Lipinski definition) is 1. The molecule has 0 bridgehead atoms. The molecule has 0 aromatic heterocycles. The Balaban J connectivity index is 1.84. The first-order valence-electron chi connectivity index (χ1n) is 5.24. The van der Waals surface area contributed by atoms with Crippen molar-refractivity contribution >= 4 is 0 Å². The molecule has 1 fully saturated rings. The van der Waals surface area contributed by atoms with Gasteiger partial charge in [0, 0.05) is 26.2 Å². The van der Waals surface area contributed by atoms with Gasteiger partial charge in [0.25, 0.3) is 0 Å². The maximum atomic E-state index is 9.03. The Hall–Kier alpha value is -0.120. The molecule has 0 saturated carbocycles. The molecule has 0 aromatic rings. The Bertz CT molecular complexity index is 135. The summed E-state index contributed by atoms with van der Waals surface area (Å²) in [5, 5.41) is 9.03. The van der Waals surface area contributed by atoms with E-state index in [0.29, 0.717) is 6.10 Å². The van der Waals surface area contributed by atoms with Crippen LogP contribution in [0.5, 0.6) is 0 Å². The van der Waals surface area contributed by atoms with Gasteiger partial charge in [-0.05, 0) is 19.8 Å². The maximum absolute atomic E-state index is 9.03. The summed E-state index contributed by atoms with van der Waals surface area (Å²) in [5.74, 6) is 0. The van der Waals surface area contributed by atoms with Gasteiger partial charge in [0.1, 0.15) is 0 Å². The van der Waals surface area contributed by atoms with Crippen LogP contribution in [0.4, 0.5) is 0 Å². The van der Waals surface area contributed by atoms with Crippen LogP contribution in [0.2, 0.25) is 0 Å². The zero-order chi connectivity index (χ0) is 9.68. The molecule has 1 heterocycles. The highest BCUT2D eigenvalue weighted by molar-refractivity contribution is 4.77. The number of nitrogens with zero attached hydrogens (tertiary/aromatic N) is 1. The van der Waals surface area contributed by atoms with Crippen molar-refractivity contribution in [3.8, 4) is 0 Å². The zero-order valence-electron chi connectivity index (χ0n) is 8.70. The van der Waals surface area contributed by atoms with E-state index in [1.165, 1.54) is 0 Å². The van der Waals surface area contributed by atoms with E-state index in [4.69, 9.17) is 9.84 Å². The number of hydrogen-bond acceptors (Lipinski definition) is 3. The highest BCUT2D eigenvalue weighted by Gasteiger charge is 2.22. The molecule has 0 aliphatic carbocycles. The Morgan fingerprint density at radius 2 is 2.23 bits per heavy atom. The molecule has 1 saturated heterocycles. The van der Waals surface area contributed by atoms with Crippen LogP contribution < -0.4 is 0 Å². The lowest BCUT2D eigenvalue weighted by Crippen LogP contribution is -2.50. The number of rotatable bonds is 6. The third-order valence-corrected chi connectivity index (χ3v) is 2.53. The van der Waals surface area contributed by atoms with E-state index in [1.54, 1.807) is 0 Å². The van der Waals surface area contributed by atoms with Crippen molar-refractivity contribution in [3.63, 3.8) is 0 Å². The lowest BCUT2D eigenvalue weighted by atomic mass is 10.1. The molecule has 1 aliphatic heterocycles. The second kappa shape index (κ2) is 5.58. The minimum absolute atomic E-state index is 0.0736. The monoisotopic (exact) mass is 187 g/mol. The Morgan fingerprint density at radius 1 is 1.54 bits per heavy atom. The lowest BCUT2D eigenvalue weighted by Gasteiger charge is -2.35. The van der Waals surface area contributed by atoms with E-state index in [2.05, 4.69) is 18.7 Å². The van der Waals surface area contributed by atoms with Crippen LogP contribution in [0.1, 0.15) is 26.7 Å². The van der Waals surface area contributed by atoms with Crippen LogP contribution in [-0.4, -0.2) is 48.5 Å². The topological polar surface area (TPSA) is 32.7 Å². The molecule has 1 unspecified atom stereocenters. The highest BCUT2D eigenvalue weighted by Crippen LogP contribution is 2.07. The van der Waals surface area contributed by atoms with Crippen LogP contribution in [0.25, 0.3) is 0 Å². The summed E-state index contributed by atoms with van der Waals surface area (Å²) in [5.41, 5.74) is 0. The Labute approximate surface area is 80.7 Å². The second-order valence-electron chi connectivity index (χ2n) is 3.86. The van der Waals surface area contributed by atoms with Crippen molar-refractivity contribution in [2.75, 3.05) is 26.2 Å². The Kier molecular flexibility index (Phi) is 4.70. The van der Waals surface area contributed by atoms with Crippen molar-refractivity contribution in [1.82, 2.24) is 4.90 Å². The first-order valence-corrected chi connectivity index (χ1v) is 5.24. The van der Waals surface area contributed by atoms with Crippen LogP contribution >= 0.6 is 0 Å². The number of β-amino-alcohol motifs (C(OH)–C–C–N with tert-alkyl or cyclic N) is 1. The van der Waals surface area contributed by atoms with Crippen molar-refractivity contribution in [2.45, 2.75) is 38.9 Å². The summed E-state index contributed by atoms with van der Waals surface area (Å²) in [6.45, 7) is 7.85. The summed E-state index contributed by atoms with van der Waals surface area (Å²) in [6.07, 6.45) is 2.48. The van der Waals surface area contributed by atoms with E-state index in [0.717, 1.165) is 39.1 Å². The van der Waals surface area contributed by atoms with Crippen LogP contribution in [0.3, 0.4) is 0 Å². The minimum atomic E-state index is -0.0736. The van der Waals surface area contributed by atoms with Crippen molar-refractivity contribution in [3.05, 3.63) is 0 Å². The van der Waals surface area contributed by atoms with E-state index in [1.807, 2.05) is 0 Å². The average Bonchev–Trinajstić information content (AvgIpc) is 2.08. The normalized spacial score (nSPS) is 21.5. The molecule has 0 amide bonds. The molecule has 78 valence electrons. The number of ether oxygens (including phenoxy) is 1. The molecule has 3 heteroatoms. The first kappa shape index (κ1) is 11.0. The summed E-state index contributed by atoms with van der Waals surface area (Å²) < 4.78 is 5.55. The lowest BCUT2D eigenvalue weighted by molar-refractivity contribution is -0.00760. The fourth-order valence-corrected chi connectivity index (χ4v) is 1.42. The second-order valence-corrected chi connectivity index (χ2v) is 3.86. The van der Waals surface area contributed by atoms with Gasteiger partial charge in [0.15, 0.2) is 0 Å². The number of likely N-dealkylation sites (tertiary alicyclic amines) is 1. The molecule has 0 aromatic carbocycles. The summed E-state index contributed by atoms with van der Waals surface area (Å²) in [7, 11) is 0. The number of aliphatic hydroxyl groups is 1. The minimum Gasteiger partial charge on any atom is -0.390 e. The molecular formula is C10H21NO2. The van der Waals surface area contributed by atoms with Crippen molar-refractivity contribution in [2.24, 2.45) is 0 Å². The summed E-state index contributed by atoms with van der Waals surface area (Å²) >= 11 is 0. The van der Waals surface area contributed by atoms with Gasteiger partial charge >= 0.3 is 0 Å². The fraction of sp³-hybridized carbons (Fsp3) is 1.00. The summed E-state index contributed by atoms with van der Waals surface area (Å²) in [4.78, 5) is 2.25. The van der Waals surface area contributed by atoms with Crippen LogP contribution in [0, 0.1) is 0 Å². The predicted molar refractivity (Wildman–Crippen MR) is 52.8 cm³/mol. The third kappa shape index (κ3) is 4.07. The van der Waals surface area contributed by atoms with E-state index < -0.39 is 0 Å². The molecule has 3 nitrogen and oxygen atoms in total. The predicted octanol–water partition coefficient (Wildman–Crippen LogP) is 0.868. The van der Waals surface area contributed by atoms with Crippen LogP contribution in [0.15, 0.2) is 0 Å². The maximum Gasteiger partial charge on any atom is 0.0793 e.